The number of guanidine groups is 1. The molecule has 1 amide bonds. The molecule has 158 valence electrons. The molecule has 7 heteroatoms. The van der Waals surface area contributed by atoms with Crippen LogP contribution in [0, 0.1) is 5.92 Å². The Labute approximate surface area is 187 Å². The molecule has 1 aliphatic rings. The molecular formula is C21H36IN5O. The third-order valence-electron chi connectivity index (χ3n) is 4.83. The van der Waals surface area contributed by atoms with Gasteiger partial charge in [-0.25, -0.2) is 0 Å². The van der Waals surface area contributed by atoms with Gasteiger partial charge >= 0.3 is 0 Å². The molecule has 0 radical (unpaired) electrons. The topological polar surface area (TPSA) is 68.8 Å². The van der Waals surface area contributed by atoms with E-state index in [-0.39, 0.29) is 29.9 Å². The Balaban J connectivity index is 0.00000392. The van der Waals surface area contributed by atoms with E-state index in [1.54, 1.807) is 7.05 Å². The lowest BCUT2D eigenvalue weighted by molar-refractivity contribution is -0.120. The van der Waals surface area contributed by atoms with Gasteiger partial charge < -0.3 is 20.9 Å². The van der Waals surface area contributed by atoms with Gasteiger partial charge in [-0.05, 0) is 37.0 Å². The minimum absolute atomic E-state index is 0. The number of hydrogen-bond donors (Lipinski definition) is 3. The van der Waals surface area contributed by atoms with Crippen molar-refractivity contribution < 1.29 is 4.79 Å². The van der Waals surface area contributed by atoms with Gasteiger partial charge in [0.15, 0.2) is 5.96 Å². The van der Waals surface area contributed by atoms with Gasteiger partial charge in [0.25, 0.3) is 0 Å². The smallest absolute Gasteiger partial charge is 0.239 e. The van der Waals surface area contributed by atoms with Crippen molar-refractivity contribution >= 4 is 41.5 Å². The molecule has 0 aromatic heterocycles. The Morgan fingerprint density at radius 3 is 2.54 bits per heavy atom. The van der Waals surface area contributed by atoms with Crippen LogP contribution >= 0.6 is 24.0 Å². The summed E-state index contributed by atoms with van der Waals surface area (Å²) >= 11 is 0. The van der Waals surface area contributed by atoms with Crippen LogP contribution in [0.4, 0.5) is 5.69 Å². The van der Waals surface area contributed by atoms with Gasteiger partial charge in [-0.2, -0.15) is 0 Å². The van der Waals surface area contributed by atoms with Crippen molar-refractivity contribution in [1.29, 1.82) is 0 Å². The Bertz CT molecular complexity index is 618. The third-order valence-corrected chi connectivity index (χ3v) is 4.83. The zero-order chi connectivity index (χ0) is 19.6. The van der Waals surface area contributed by atoms with E-state index in [1.165, 1.54) is 18.4 Å². The highest BCUT2D eigenvalue weighted by Gasteiger charge is 2.16. The maximum atomic E-state index is 11.5. The lowest BCUT2D eigenvalue weighted by Gasteiger charge is -2.28. The molecule has 0 saturated carbocycles. The number of piperazine rings is 1. The van der Waals surface area contributed by atoms with Crippen LogP contribution < -0.4 is 20.9 Å². The summed E-state index contributed by atoms with van der Waals surface area (Å²) in [5.74, 6) is 1.69. The van der Waals surface area contributed by atoms with Crippen molar-refractivity contribution in [1.82, 2.24) is 16.0 Å². The summed E-state index contributed by atoms with van der Waals surface area (Å²) in [5, 5.41) is 9.70. The lowest BCUT2D eigenvalue weighted by Crippen LogP contribution is -2.47. The van der Waals surface area contributed by atoms with Gasteiger partial charge in [0, 0.05) is 38.4 Å². The van der Waals surface area contributed by atoms with E-state index in [4.69, 9.17) is 0 Å². The maximum Gasteiger partial charge on any atom is 0.239 e. The SMILES string of the molecule is CN=C(NCc1ccc(N2CCNC(=O)C2)cc1)NC(C)CCCC(C)C.I. The molecule has 0 bridgehead atoms. The second-order valence-electron chi connectivity index (χ2n) is 7.73. The first kappa shape index (κ1) is 24.5. The molecule has 2 rings (SSSR count). The molecule has 0 aliphatic carbocycles. The molecule has 1 atom stereocenters. The van der Waals surface area contributed by atoms with Crippen LogP contribution in [-0.4, -0.2) is 44.6 Å². The first-order valence-electron chi connectivity index (χ1n) is 10.1. The predicted molar refractivity (Wildman–Crippen MR) is 129 cm³/mol. The number of anilines is 1. The molecular weight excluding hydrogens is 465 g/mol. The molecule has 1 aromatic rings. The van der Waals surface area contributed by atoms with Crippen molar-refractivity contribution in [3.63, 3.8) is 0 Å². The minimum atomic E-state index is 0. The van der Waals surface area contributed by atoms with Gasteiger partial charge in [0.05, 0.1) is 6.54 Å². The molecule has 1 fully saturated rings. The van der Waals surface area contributed by atoms with Gasteiger partial charge in [0.2, 0.25) is 5.91 Å². The molecule has 0 spiro atoms. The van der Waals surface area contributed by atoms with Gasteiger partial charge in [-0.15, -0.1) is 24.0 Å². The Morgan fingerprint density at radius 2 is 1.93 bits per heavy atom. The number of nitrogens with one attached hydrogen (secondary N) is 3. The number of amides is 1. The highest BCUT2D eigenvalue weighted by atomic mass is 127. The quantitative estimate of drug-likeness (QED) is 0.291. The van der Waals surface area contributed by atoms with Crippen molar-refractivity contribution in [3.05, 3.63) is 29.8 Å². The monoisotopic (exact) mass is 501 g/mol. The molecule has 1 aliphatic heterocycles. The van der Waals surface area contributed by atoms with Crippen molar-refractivity contribution in [2.75, 3.05) is 31.6 Å². The van der Waals surface area contributed by atoms with E-state index in [0.717, 1.165) is 37.1 Å². The third kappa shape index (κ3) is 8.67. The number of nitrogens with zero attached hydrogens (tertiary/aromatic N) is 2. The summed E-state index contributed by atoms with van der Waals surface area (Å²) in [6, 6.07) is 8.78. The van der Waals surface area contributed by atoms with Crippen molar-refractivity contribution in [2.24, 2.45) is 10.9 Å². The minimum Gasteiger partial charge on any atom is -0.360 e. The summed E-state index contributed by atoms with van der Waals surface area (Å²) in [7, 11) is 1.81. The Hall–Kier alpha value is -1.51. The normalized spacial score (nSPS) is 15.7. The fraction of sp³-hybridized carbons (Fsp3) is 0.619. The van der Waals surface area contributed by atoms with E-state index in [1.807, 2.05) is 0 Å². The van der Waals surface area contributed by atoms with E-state index in [2.05, 4.69) is 70.9 Å². The highest BCUT2D eigenvalue weighted by Crippen LogP contribution is 2.16. The summed E-state index contributed by atoms with van der Waals surface area (Å²) in [6.45, 7) is 9.46. The van der Waals surface area contributed by atoms with Gasteiger partial charge in [-0.1, -0.05) is 38.8 Å². The molecule has 28 heavy (non-hydrogen) atoms. The molecule has 6 nitrogen and oxygen atoms in total. The molecule has 1 aromatic carbocycles. The van der Waals surface area contributed by atoms with Crippen LogP contribution in [0.25, 0.3) is 0 Å². The lowest BCUT2D eigenvalue weighted by atomic mass is 10.0. The Kier molecular flexibility index (Phi) is 11.3. The fourth-order valence-electron chi connectivity index (χ4n) is 3.20. The largest absolute Gasteiger partial charge is 0.360 e. The zero-order valence-corrected chi connectivity index (χ0v) is 20.0. The standard InChI is InChI=1S/C21H35N5O.HI/c1-16(2)6-5-7-17(3)25-21(22-4)24-14-18-8-10-19(11-9-18)26-13-12-23-20(27)15-26;/h8-11,16-17H,5-7,12-15H2,1-4H3,(H,23,27)(H2,22,24,25);1H. The van der Waals surface area contributed by atoms with Crippen LogP contribution in [0.2, 0.25) is 0 Å². The van der Waals surface area contributed by atoms with E-state index >= 15 is 0 Å². The number of benzene rings is 1. The number of halogens is 1. The summed E-state index contributed by atoms with van der Waals surface area (Å²) in [4.78, 5) is 18.0. The zero-order valence-electron chi connectivity index (χ0n) is 17.6. The van der Waals surface area contributed by atoms with E-state index in [0.29, 0.717) is 19.1 Å². The maximum absolute atomic E-state index is 11.5. The van der Waals surface area contributed by atoms with Gasteiger partial charge in [0.1, 0.15) is 0 Å². The number of aliphatic imine (C=N–C) groups is 1. The van der Waals surface area contributed by atoms with Crippen LogP contribution in [0.1, 0.15) is 45.6 Å². The number of carbonyl (C=O) groups is 1. The van der Waals surface area contributed by atoms with Crippen molar-refractivity contribution in [3.8, 4) is 0 Å². The average molecular weight is 501 g/mol. The van der Waals surface area contributed by atoms with E-state index < -0.39 is 0 Å². The number of rotatable bonds is 8. The number of hydrogen-bond acceptors (Lipinski definition) is 3. The van der Waals surface area contributed by atoms with Gasteiger partial charge in [-0.3, -0.25) is 9.79 Å². The summed E-state index contributed by atoms with van der Waals surface area (Å²) < 4.78 is 0. The average Bonchev–Trinajstić information content (AvgIpc) is 2.65. The first-order chi connectivity index (χ1) is 13.0. The van der Waals surface area contributed by atoms with Crippen LogP contribution in [0.3, 0.4) is 0 Å². The van der Waals surface area contributed by atoms with Crippen LogP contribution in [0.15, 0.2) is 29.3 Å². The second-order valence-corrected chi connectivity index (χ2v) is 7.73. The second kappa shape index (κ2) is 12.9. The number of carbonyl (C=O) groups excluding carboxylic acids is 1. The summed E-state index contributed by atoms with van der Waals surface area (Å²) in [5.41, 5.74) is 2.28. The molecule has 1 unspecified atom stereocenters. The summed E-state index contributed by atoms with van der Waals surface area (Å²) in [6.07, 6.45) is 3.65. The fourth-order valence-corrected chi connectivity index (χ4v) is 3.20. The van der Waals surface area contributed by atoms with E-state index in [9.17, 15) is 4.79 Å². The molecule has 1 heterocycles. The van der Waals surface area contributed by atoms with Crippen LogP contribution in [-0.2, 0) is 11.3 Å². The van der Waals surface area contributed by atoms with Crippen LogP contribution in [0.5, 0.6) is 0 Å². The van der Waals surface area contributed by atoms with Crippen molar-refractivity contribution in [2.45, 2.75) is 52.6 Å². The highest BCUT2D eigenvalue weighted by molar-refractivity contribution is 14.0. The predicted octanol–water partition coefficient (Wildman–Crippen LogP) is 3.12. The Morgan fingerprint density at radius 1 is 1.21 bits per heavy atom. The first-order valence-corrected chi connectivity index (χ1v) is 10.1. The molecule has 1 saturated heterocycles. The molecule has 3 N–H and O–H groups in total.